The molecule has 66 heavy (non-hydrogen) atoms. The molecule has 3 aliphatic carbocycles. The first-order valence-corrected chi connectivity index (χ1v) is 24.7. The average Bonchev–Trinajstić information content (AvgIpc) is 4.11. The van der Waals surface area contributed by atoms with Crippen molar-refractivity contribution >= 4 is 23.9 Å². The molecule has 0 aliphatic heterocycles. The lowest BCUT2D eigenvalue weighted by atomic mass is 9.82. The fourth-order valence-electron chi connectivity index (χ4n) is 8.30. The van der Waals surface area contributed by atoms with Crippen molar-refractivity contribution in [3.63, 3.8) is 0 Å². The van der Waals surface area contributed by atoms with Gasteiger partial charge < -0.3 is 37.9 Å². The smallest absolute Gasteiger partial charge is 0.330 e. The molecule has 2 bridgehead atoms. The summed E-state index contributed by atoms with van der Waals surface area (Å²) in [6.45, 7) is 17.8. The van der Waals surface area contributed by atoms with Crippen LogP contribution in [0.5, 0.6) is 11.5 Å². The van der Waals surface area contributed by atoms with Crippen molar-refractivity contribution in [2.45, 2.75) is 143 Å². The maximum atomic E-state index is 12.0. The van der Waals surface area contributed by atoms with Crippen molar-refractivity contribution in [3.05, 3.63) is 86.0 Å². The van der Waals surface area contributed by atoms with Crippen LogP contribution in [0.4, 0.5) is 0 Å². The van der Waals surface area contributed by atoms with Gasteiger partial charge in [-0.2, -0.15) is 0 Å². The van der Waals surface area contributed by atoms with Gasteiger partial charge in [-0.3, -0.25) is 9.59 Å². The lowest BCUT2D eigenvalue weighted by Gasteiger charge is -2.23. The lowest BCUT2D eigenvalue weighted by Crippen LogP contribution is -2.30. The summed E-state index contributed by atoms with van der Waals surface area (Å²) in [6.07, 6.45) is 18.9. The molecule has 3 fully saturated rings. The molecule has 0 radical (unpaired) electrons. The molecule has 6 atom stereocenters. The summed E-state index contributed by atoms with van der Waals surface area (Å²) in [5.74, 6) is 5.11. The number of rotatable bonds is 29. The standard InChI is InChI=1S/C21H30O6.C16H24O4.C10H16.C7H12O2/c1-3-20(22)25-15-11-6-5-10-14-21(23)27-19(16-24-4-2)17-26-18-12-8-7-9-13-18;1-3-5-11-16(17)20-15(12-18-4-2)13-19-14-9-7-6-8-10-14;1-2-9-7-4-5-8(6-7)10(9)3-1;1-3-5-6-9-7(8)4-2/h3,7-9,12-13,19H,1,4-6,10-11,14-17H2,2H3;6-10,15H,3-5,11-13H2,1-2H3;7-10H,1-6H2;4H,2-3,5-6H2,1H3. The Bertz CT molecular complexity index is 1570. The van der Waals surface area contributed by atoms with Gasteiger partial charge in [0, 0.05) is 38.2 Å². The highest BCUT2D eigenvalue weighted by molar-refractivity contribution is 5.81. The van der Waals surface area contributed by atoms with Gasteiger partial charge in [-0.15, -0.1) is 0 Å². The fourth-order valence-corrected chi connectivity index (χ4v) is 8.30. The Kier molecular flexibility index (Phi) is 32.6. The van der Waals surface area contributed by atoms with Crippen LogP contribution < -0.4 is 9.47 Å². The van der Waals surface area contributed by atoms with E-state index >= 15 is 0 Å². The summed E-state index contributed by atoms with van der Waals surface area (Å²) < 4.78 is 42.4. The zero-order chi connectivity index (χ0) is 48.0. The number of benzene rings is 2. The minimum absolute atomic E-state index is 0.187. The molecule has 3 aliphatic rings. The maximum absolute atomic E-state index is 12.0. The van der Waals surface area contributed by atoms with E-state index in [9.17, 15) is 19.2 Å². The number of fused-ring (bicyclic) bond motifs is 5. The zero-order valence-corrected chi connectivity index (χ0v) is 40.7. The Morgan fingerprint density at radius 2 is 1.00 bits per heavy atom. The van der Waals surface area contributed by atoms with Crippen molar-refractivity contribution in [2.75, 3.05) is 52.9 Å². The van der Waals surface area contributed by atoms with Crippen LogP contribution in [0.3, 0.4) is 0 Å². The summed E-state index contributed by atoms with van der Waals surface area (Å²) in [5.41, 5.74) is 0. The minimum atomic E-state index is -0.434. The van der Waals surface area contributed by atoms with E-state index in [1.807, 2.05) is 88.4 Å². The summed E-state index contributed by atoms with van der Waals surface area (Å²) in [7, 11) is 0. The number of hydrogen-bond donors (Lipinski definition) is 0. The number of carbonyl (C=O) groups is 4. The highest BCUT2D eigenvalue weighted by Crippen LogP contribution is 2.58. The van der Waals surface area contributed by atoms with Crippen LogP contribution in [0.15, 0.2) is 86.0 Å². The van der Waals surface area contributed by atoms with Gasteiger partial charge in [0.15, 0.2) is 12.2 Å². The van der Waals surface area contributed by atoms with Crippen molar-refractivity contribution in [3.8, 4) is 11.5 Å². The summed E-state index contributed by atoms with van der Waals surface area (Å²) in [4.78, 5) is 44.9. The second kappa shape index (κ2) is 37.4. The first kappa shape index (κ1) is 57.4. The first-order valence-electron chi connectivity index (χ1n) is 24.7. The molecule has 12 nitrogen and oxygen atoms in total. The van der Waals surface area contributed by atoms with Crippen molar-refractivity contribution < 1.29 is 57.1 Å². The van der Waals surface area contributed by atoms with Gasteiger partial charge in [0.05, 0.1) is 26.4 Å². The van der Waals surface area contributed by atoms with Crippen LogP contribution in [0.25, 0.3) is 0 Å². The molecular formula is C54H82O12. The predicted octanol–water partition coefficient (Wildman–Crippen LogP) is 11.2. The van der Waals surface area contributed by atoms with E-state index in [0.717, 1.165) is 68.9 Å². The number of para-hydroxylation sites is 2. The maximum Gasteiger partial charge on any atom is 0.330 e. The molecule has 370 valence electrons. The average molecular weight is 923 g/mol. The molecule has 2 aromatic rings. The van der Waals surface area contributed by atoms with E-state index in [2.05, 4.69) is 17.9 Å². The molecule has 0 spiro atoms. The van der Waals surface area contributed by atoms with E-state index in [4.69, 9.17) is 33.2 Å². The molecule has 0 saturated heterocycles. The third kappa shape index (κ3) is 26.5. The summed E-state index contributed by atoms with van der Waals surface area (Å²) in [6, 6.07) is 18.9. The van der Waals surface area contributed by atoms with Crippen molar-refractivity contribution in [1.82, 2.24) is 0 Å². The molecule has 6 unspecified atom stereocenters. The number of esters is 4. The first-order chi connectivity index (χ1) is 32.2. The van der Waals surface area contributed by atoms with Crippen LogP contribution in [-0.2, 0) is 47.6 Å². The van der Waals surface area contributed by atoms with Gasteiger partial charge in [-0.1, -0.05) is 95.5 Å². The normalized spacial score (nSPS) is 18.2. The predicted molar refractivity (Wildman–Crippen MR) is 258 cm³/mol. The fraction of sp³-hybridized carbons (Fsp3) is 0.630. The van der Waals surface area contributed by atoms with Crippen LogP contribution >= 0.6 is 0 Å². The Balaban J connectivity index is 0.000000331. The van der Waals surface area contributed by atoms with Gasteiger partial charge >= 0.3 is 23.9 Å². The summed E-state index contributed by atoms with van der Waals surface area (Å²) in [5, 5.41) is 0. The Hall–Kier alpha value is -4.68. The lowest BCUT2D eigenvalue weighted by molar-refractivity contribution is -0.155. The van der Waals surface area contributed by atoms with E-state index in [0.29, 0.717) is 59.1 Å². The van der Waals surface area contributed by atoms with Crippen LogP contribution in [0, 0.1) is 23.7 Å². The Labute approximate surface area is 396 Å². The topological polar surface area (TPSA) is 142 Å². The molecule has 0 N–H and O–H groups in total. The second-order valence-corrected chi connectivity index (χ2v) is 16.7. The monoisotopic (exact) mass is 923 g/mol. The molecule has 5 rings (SSSR count). The molecule has 0 amide bonds. The van der Waals surface area contributed by atoms with Gasteiger partial charge in [-0.05, 0) is 120 Å². The van der Waals surface area contributed by atoms with E-state index < -0.39 is 12.1 Å². The Morgan fingerprint density at radius 1 is 0.561 bits per heavy atom. The van der Waals surface area contributed by atoms with E-state index in [1.165, 1.54) is 29.7 Å². The number of ether oxygens (including phenoxy) is 8. The zero-order valence-electron chi connectivity index (χ0n) is 40.7. The molecule has 2 aromatic carbocycles. The number of unbranched alkanes of at least 4 members (excludes halogenated alkanes) is 5. The van der Waals surface area contributed by atoms with Crippen LogP contribution in [-0.4, -0.2) is 88.9 Å². The Morgan fingerprint density at radius 3 is 1.44 bits per heavy atom. The van der Waals surface area contributed by atoms with Crippen molar-refractivity contribution in [2.24, 2.45) is 23.7 Å². The van der Waals surface area contributed by atoms with Gasteiger partial charge in [0.1, 0.15) is 24.7 Å². The van der Waals surface area contributed by atoms with E-state index in [1.54, 1.807) is 38.5 Å². The summed E-state index contributed by atoms with van der Waals surface area (Å²) >= 11 is 0. The van der Waals surface area contributed by atoms with E-state index in [-0.39, 0.29) is 30.6 Å². The molecule has 12 heteroatoms. The quantitative estimate of drug-likeness (QED) is 0.0332. The van der Waals surface area contributed by atoms with Gasteiger partial charge in [-0.25, -0.2) is 9.59 Å². The third-order valence-corrected chi connectivity index (χ3v) is 11.6. The van der Waals surface area contributed by atoms with Crippen LogP contribution in [0.1, 0.15) is 130 Å². The molecular weight excluding hydrogens is 841 g/mol. The number of carbonyl (C=O) groups excluding carboxylic acids is 4. The molecule has 0 aromatic heterocycles. The minimum Gasteiger partial charge on any atom is -0.490 e. The van der Waals surface area contributed by atoms with Crippen molar-refractivity contribution in [1.29, 1.82) is 0 Å². The highest BCUT2D eigenvalue weighted by atomic mass is 16.6. The molecule has 0 heterocycles. The highest BCUT2D eigenvalue weighted by Gasteiger charge is 2.48. The largest absolute Gasteiger partial charge is 0.490 e. The van der Waals surface area contributed by atoms with Gasteiger partial charge in [0.25, 0.3) is 0 Å². The van der Waals surface area contributed by atoms with Gasteiger partial charge in [0.2, 0.25) is 0 Å². The second-order valence-electron chi connectivity index (χ2n) is 16.7. The third-order valence-electron chi connectivity index (χ3n) is 11.6. The molecule has 3 saturated carbocycles. The van der Waals surface area contributed by atoms with Crippen LogP contribution in [0.2, 0.25) is 0 Å². The number of hydrogen-bond acceptors (Lipinski definition) is 12. The SMILES string of the molecule is C1CC2C3CCC(C3)C2C1.C=CC(=O)OCCCC.C=CC(=O)OCCCCCCC(=O)OC(COCC)COc1ccccc1.CCCCC(=O)OC(COCC)COc1ccccc1.